The number of piperazine rings is 1. The van der Waals surface area contributed by atoms with Gasteiger partial charge in [-0.2, -0.15) is 0 Å². The summed E-state index contributed by atoms with van der Waals surface area (Å²) in [6, 6.07) is -0.829. The molecule has 98 valence electrons. The number of aryl methyl sites for hydroxylation is 1. The molecule has 1 fully saturated rings. The highest BCUT2D eigenvalue weighted by Crippen LogP contribution is 2.29. The van der Waals surface area contributed by atoms with Crippen molar-refractivity contribution in [1.29, 1.82) is 0 Å². The Morgan fingerprint density at radius 3 is 2.89 bits per heavy atom. The summed E-state index contributed by atoms with van der Waals surface area (Å²) in [4.78, 5) is 25.2. The number of hydrogen-bond acceptors (Lipinski definition) is 4. The maximum Gasteiger partial charge on any atom is 0.327 e. The highest BCUT2D eigenvalue weighted by molar-refractivity contribution is 7.13. The van der Waals surface area contributed by atoms with Gasteiger partial charge in [0, 0.05) is 19.6 Å². The van der Waals surface area contributed by atoms with Crippen LogP contribution in [0.4, 0.5) is 0 Å². The number of carboxylic acids is 1. The number of carbonyl (C=O) groups is 2. The molecule has 2 heterocycles. The number of carboxylic acid groups (broad SMARTS) is 1. The molecule has 0 aliphatic carbocycles. The molecule has 1 unspecified atom stereocenters. The Labute approximate surface area is 113 Å². The average molecular weight is 289 g/mol. The van der Waals surface area contributed by atoms with Crippen molar-refractivity contribution in [2.75, 3.05) is 19.6 Å². The highest BCUT2D eigenvalue weighted by atomic mass is 35.5. The zero-order valence-corrected chi connectivity index (χ0v) is 11.3. The standard InChI is InChI=1S/C11H13ClN2O3S/c1-6-5-18-9(8(6)12)10(15)14-3-2-13-4-7(14)11(16)17/h5,7,13H,2-4H2,1H3,(H,16,17). The molecule has 1 aliphatic heterocycles. The molecule has 0 aromatic carbocycles. The summed E-state index contributed by atoms with van der Waals surface area (Å²) >= 11 is 7.31. The third kappa shape index (κ3) is 2.36. The molecule has 0 saturated carbocycles. The SMILES string of the molecule is Cc1csc(C(=O)N2CCNCC2C(=O)O)c1Cl. The molecular weight excluding hydrogens is 276 g/mol. The van der Waals surface area contributed by atoms with E-state index in [4.69, 9.17) is 16.7 Å². The van der Waals surface area contributed by atoms with Gasteiger partial charge in [-0.3, -0.25) is 4.79 Å². The zero-order chi connectivity index (χ0) is 13.3. The average Bonchev–Trinajstić information content (AvgIpc) is 2.69. The van der Waals surface area contributed by atoms with Gasteiger partial charge in [0.15, 0.2) is 0 Å². The molecule has 1 atom stereocenters. The molecule has 0 bridgehead atoms. The smallest absolute Gasteiger partial charge is 0.327 e. The van der Waals surface area contributed by atoms with Crippen LogP contribution in [0.2, 0.25) is 5.02 Å². The summed E-state index contributed by atoms with van der Waals surface area (Å²) in [7, 11) is 0. The third-order valence-electron chi connectivity index (χ3n) is 2.88. The molecule has 1 aliphatic rings. The Kier molecular flexibility index (Phi) is 3.89. The van der Waals surface area contributed by atoms with Crippen molar-refractivity contribution in [3.8, 4) is 0 Å². The summed E-state index contributed by atoms with van der Waals surface area (Å²) in [6.45, 7) is 3.06. The summed E-state index contributed by atoms with van der Waals surface area (Å²) in [5.41, 5.74) is 0.840. The van der Waals surface area contributed by atoms with E-state index in [1.54, 1.807) is 5.38 Å². The summed E-state index contributed by atoms with van der Waals surface area (Å²) in [5, 5.41) is 14.3. The Morgan fingerprint density at radius 1 is 1.61 bits per heavy atom. The van der Waals surface area contributed by atoms with Crippen LogP contribution in [0.25, 0.3) is 0 Å². The van der Waals surface area contributed by atoms with Gasteiger partial charge in [-0.05, 0) is 17.9 Å². The topological polar surface area (TPSA) is 69.6 Å². The predicted octanol–water partition coefficient (Wildman–Crippen LogP) is 1.21. The van der Waals surface area contributed by atoms with Crippen LogP contribution in [-0.4, -0.2) is 47.6 Å². The van der Waals surface area contributed by atoms with Gasteiger partial charge in [0.1, 0.15) is 10.9 Å². The zero-order valence-electron chi connectivity index (χ0n) is 9.77. The first-order chi connectivity index (χ1) is 8.52. The van der Waals surface area contributed by atoms with Crippen LogP contribution in [0.3, 0.4) is 0 Å². The van der Waals surface area contributed by atoms with E-state index in [0.29, 0.717) is 23.0 Å². The Morgan fingerprint density at radius 2 is 2.33 bits per heavy atom. The van der Waals surface area contributed by atoms with Crippen LogP contribution in [-0.2, 0) is 4.79 Å². The van der Waals surface area contributed by atoms with E-state index in [2.05, 4.69) is 5.32 Å². The lowest BCUT2D eigenvalue weighted by Crippen LogP contribution is -2.56. The lowest BCUT2D eigenvalue weighted by atomic mass is 10.2. The van der Waals surface area contributed by atoms with Crippen molar-refractivity contribution in [1.82, 2.24) is 10.2 Å². The summed E-state index contributed by atoms with van der Waals surface area (Å²) < 4.78 is 0. The third-order valence-corrected chi connectivity index (χ3v) is 4.57. The number of rotatable bonds is 2. The summed E-state index contributed by atoms with van der Waals surface area (Å²) in [5.74, 6) is -1.30. The van der Waals surface area contributed by atoms with Gasteiger partial charge in [-0.25, -0.2) is 4.79 Å². The van der Waals surface area contributed by atoms with E-state index < -0.39 is 12.0 Å². The minimum atomic E-state index is -1.00. The minimum Gasteiger partial charge on any atom is -0.480 e. The quantitative estimate of drug-likeness (QED) is 0.858. The van der Waals surface area contributed by atoms with E-state index in [9.17, 15) is 9.59 Å². The molecule has 1 amide bonds. The van der Waals surface area contributed by atoms with Gasteiger partial charge in [-0.15, -0.1) is 11.3 Å². The van der Waals surface area contributed by atoms with Crippen molar-refractivity contribution >= 4 is 34.8 Å². The van der Waals surface area contributed by atoms with Crippen molar-refractivity contribution in [2.45, 2.75) is 13.0 Å². The first-order valence-corrected chi connectivity index (χ1v) is 6.76. The number of nitrogens with one attached hydrogen (secondary N) is 1. The Bertz CT molecular complexity index is 489. The minimum absolute atomic E-state index is 0.267. The van der Waals surface area contributed by atoms with Crippen molar-refractivity contribution < 1.29 is 14.7 Å². The molecule has 2 rings (SSSR count). The second-order valence-electron chi connectivity index (χ2n) is 4.12. The van der Waals surface area contributed by atoms with Crippen molar-refractivity contribution in [2.24, 2.45) is 0 Å². The Hall–Kier alpha value is -1.11. The van der Waals surface area contributed by atoms with Gasteiger partial charge in [0.05, 0.1) is 5.02 Å². The largest absolute Gasteiger partial charge is 0.480 e. The number of hydrogen-bond donors (Lipinski definition) is 2. The van der Waals surface area contributed by atoms with Gasteiger partial charge < -0.3 is 15.3 Å². The highest BCUT2D eigenvalue weighted by Gasteiger charge is 2.33. The molecule has 0 spiro atoms. The Balaban J connectivity index is 2.26. The first kappa shape index (κ1) is 13.3. The number of aliphatic carboxylic acids is 1. The van der Waals surface area contributed by atoms with Crippen LogP contribution in [0.15, 0.2) is 5.38 Å². The molecule has 0 radical (unpaired) electrons. The van der Waals surface area contributed by atoms with Crippen molar-refractivity contribution in [3.63, 3.8) is 0 Å². The molecule has 7 heteroatoms. The van der Waals surface area contributed by atoms with Gasteiger partial charge >= 0.3 is 5.97 Å². The molecule has 1 saturated heterocycles. The maximum atomic E-state index is 12.3. The summed E-state index contributed by atoms with van der Waals surface area (Å²) in [6.07, 6.45) is 0. The van der Waals surface area contributed by atoms with Gasteiger partial charge in [0.25, 0.3) is 5.91 Å². The van der Waals surface area contributed by atoms with E-state index in [1.807, 2.05) is 6.92 Å². The molecule has 18 heavy (non-hydrogen) atoms. The fourth-order valence-corrected chi connectivity index (χ4v) is 3.10. The molecular formula is C11H13ClN2O3S. The van der Waals surface area contributed by atoms with Gasteiger partial charge in [0.2, 0.25) is 0 Å². The lowest BCUT2D eigenvalue weighted by Gasteiger charge is -2.33. The maximum absolute atomic E-state index is 12.3. The first-order valence-electron chi connectivity index (χ1n) is 5.50. The van der Waals surface area contributed by atoms with Crippen LogP contribution in [0, 0.1) is 6.92 Å². The number of carbonyl (C=O) groups excluding carboxylic acids is 1. The van der Waals surface area contributed by atoms with E-state index in [-0.39, 0.29) is 12.5 Å². The van der Waals surface area contributed by atoms with E-state index in [1.165, 1.54) is 16.2 Å². The number of amides is 1. The number of nitrogens with zero attached hydrogens (tertiary/aromatic N) is 1. The van der Waals surface area contributed by atoms with Gasteiger partial charge in [-0.1, -0.05) is 11.6 Å². The van der Waals surface area contributed by atoms with Crippen LogP contribution in [0.5, 0.6) is 0 Å². The molecule has 2 N–H and O–H groups in total. The fraction of sp³-hybridized carbons (Fsp3) is 0.455. The second-order valence-corrected chi connectivity index (χ2v) is 5.38. The van der Waals surface area contributed by atoms with E-state index >= 15 is 0 Å². The molecule has 5 nitrogen and oxygen atoms in total. The lowest BCUT2D eigenvalue weighted by molar-refractivity contribution is -0.142. The van der Waals surface area contributed by atoms with Crippen LogP contribution in [0.1, 0.15) is 15.2 Å². The van der Waals surface area contributed by atoms with Crippen LogP contribution >= 0.6 is 22.9 Å². The van der Waals surface area contributed by atoms with Crippen molar-refractivity contribution in [3.05, 3.63) is 20.8 Å². The number of halogens is 1. The normalized spacial score (nSPS) is 19.9. The number of thiophene rings is 1. The second kappa shape index (κ2) is 5.26. The predicted molar refractivity (Wildman–Crippen MR) is 69.4 cm³/mol. The molecule has 1 aromatic rings. The van der Waals surface area contributed by atoms with E-state index in [0.717, 1.165) is 5.56 Å². The fourth-order valence-electron chi connectivity index (χ4n) is 1.87. The molecule has 1 aromatic heterocycles. The van der Waals surface area contributed by atoms with Crippen LogP contribution < -0.4 is 5.32 Å². The monoisotopic (exact) mass is 288 g/mol.